The molecule has 114 valence electrons. The van der Waals surface area contributed by atoms with Crippen LogP contribution in [-0.4, -0.2) is 32.0 Å². The van der Waals surface area contributed by atoms with Crippen LogP contribution in [0.25, 0.3) is 5.69 Å². The maximum Gasteiger partial charge on any atom is 0.271 e. The molecule has 2 aromatic carbocycles. The number of benzene rings is 2. The molecule has 0 aliphatic carbocycles. The highest BCUT2D eigenvalue weighted by molar-refractivity contribution is 6.00. The number of hydrogen-bond acceptors (Lipinski definition) is 5. The average molecular weight is 308 g/mol. The van der Waals surface area contributed by atoms with Gasteiger partial charge in [0.1, 0.15) is 6.33 Å². The van der Waals surface area contributed by atoms with Crippen LogP contribution in [0.15, 0.2) is 60.9 Å². The molecule has 1 heterocycles. The van der Waals surface area contributed by atoms with Gasteiger partial charge in [0.25, 0.3) is 11.8 Å². The highest BCUT2D eigenvalue weighted by Crippen LogP contribution is 2.12. The zero-order valence-corrected chi connectivity index (χ0v) is 11.9. The molecule has 23 heavy (non-hydrogen) atoms. The third-order valence-electron chi connectivity index (χ3n) is 3.07. The third-order valence-corrected chi connectivity index (χ3v) is 3.07. The predicted octanol–water partition coefficient (Wildman–Crippen LogP) is 0.737. The molecule has 0 spiro atoms. The molecule has 0 atom stereocenters. The lowest BCUT2D eigenvalue weighted by molar-refractivity contribution is 0.0846. The molecule has 8 heteroatoms. The summed E-state index contributed by atoms with van der Waals surface area (Å²) in [4.78, 5) is 24.2. The van der Waals surface area contributed by atoms with E-state index in [-0.39, 0.29) is 0 Å². The minimum Gasteiger partial charge on any atom is -0.267 e. The molecule has 8 nitrogen and oxygen atoms in total. The Labute approximate surface area is 131 Å². The Morgan fingerprint density at radius 2 is 1.57 bits per heavy atom. The van der Waals surface area contributed by atoms with Crippen molar-refractivity contribution in [2.75, 3.05) is 0 Å². The number of hydrazine groups is 1. The number of tetrazole rings is 1. The standard InChI is InChI=1S/C15H12N6O2/c22-14(11-6-2-1-3-7-11)17-18-15(23)12-8-4-5-9-13(12)21-10-16-19-20-21/h1-10H,(H,17,22)(H,18,23). The van der Waals surface area contributed by atoms with E-state index >= 15 is 0 Å². The van der Waals surface area contributed by atoms with Crippen LogP contribution in [0.4, 0.5) is 0 Å². The van der Waals surface area contributed by atoms with Gasteiger partial charge in [0.05, 0.1) is 11.3 Å². The Balaban J connectivity index is 1.73. The van der Waals surface area contributed by atoms with Gasteiger partial charge in [-0.05, 0) is 34.7 Å². The molecule has 0 bridgehead atoms. The number of rotatable bonds is 3. The fourth-order valence-corrected chi connectivity index (χ4v) is 1.98. The minimum atomic E-state index is -0.472. The quantitative estimate of drug-likeness (QED) is 0.695. The average Bonchev–Trinajstić information content (AvgIpc) is 3.14. The first-order valence-corrected chi connectivity index (χ1v) is 6.74. The van der Waals surface area contributed by atoms with E-state index in [4.69, 9.17) is 0 Å². The number of carbonyl (C=O) groups is 2. The van der Waals surface area contributed by atoms with Crippen LogP contribution >= 0.6 is 0 Å². The lowest BCUT2D eigenvalue weighted by atomic mass is 10.1. The summed E-state index contributed by atoms with van der Waals surface area (Å²) in [6.07, 6.45) is 1.38. The van der Waals surface area contributed by atoms with E-state index in [2.05, 4.69) is 26.4 Å². The van der Waals surface area contributed by atoms with E-state index in [1.54, 1.807) is 54.6 Å². The monoisotopic (exact) mass is 308 g/mol. The maximum atomic E-state index is 12.3. The minimum absolute atomic E-state index is 0.327. The summed E-state index contributed by atoms with van der Waals surface area (Å²) in [6.45, 7) is 0. The lowest BCUT2D eigenvalue weighted by Crippen LogP contribution is -2.42. The van der Waals surface area contributed by atoms with Gasteiger partial charge in [0.15, 0.2) is 0 Å². The SMILES string of the molecule is O=C(NNC(=O)c1ccccc1-n1cnnn1)c1ccccc1. The van der Waals surface area contributed by atoms with E-state index < -0.39 is 11.8 Å². The molecule has 0 saturated carbocycles. The molecule has 0 radical (unpaired) electrons. The Kier molecular flexibility index (Phi) is 4.05. The Morgan fingerprint density at radius 1 is 0.870 bits per heavy atom. The van der Waals surface area contributed by atoms with Crippen LogP contribution in [0, 0.1) is 0 Å². The van der Waals surface area contributed by atoms with Crippen LogP contribution < -0.4 is 10.9 Å². The molecular formula is C15H12N6O2. The molecule has 3 rings (SSSR count). The number of amides is 2. The van der Waals surface area contributed by atoms with Crippen molar-refractivity contribution in [1.82, 2.24) is 31.1 Å². The van der Waals surface area contributed by atoms with Crippen LogP contribution in [0.3, 0.4) is 0 Å². The number of nitrogens with one attached hydrogen (secondary N) is 2. The van der Waals surface area contributed by atoms with Crippen molar-refractivity contribution >= 4 is 11.8 Å². The number of hydrogen-bond donors (Lipinski definition) is 2. The van der Waals surface area contributed by atoms with Gasteiger partial charge >= 0.3 is 0 Å². The third kappa shape index (κ3) is 3.21. The van der Waals surface area contributed by atoms with Crippen LogP contribution in [-0.2, 0) is 0 Å². The van der Waals surface area contributed by atoms with Crippen molar-refractivity contribution < 1.29 is 9.59 Å². The molecular weight excluding hydrogens is 296 g/mol. The smallest absolute Gasteiger partial charge is 0.267 e. The topological polar surface area (TPSA) is 102 Å². The first kappa shape index (κ1) is 14.4. The first-order valence-electron chi connectivity index (χ1n) is 6.74. The molecule has 0 unspecified atom stereocenters. The Bertz CT molecular complexity index is 817. The molecule has 0 aliphatic rings. The molecule has 1 aromatic heterocycles. The Hall–Kier alpha value is -3.55. The second-order valence-corrected chi connectivity index (χ2v) is 4.55. The zero-order valence-electron chi connectivity index (χ0n) is 11.9. The van der Waals surface area contributed by atoms with Gasteiger partial charge in [-0.2, -0.15) is 4.68 Å². The fourth-order valence-electron chi connectivity index (χ4n) is 1.98. The number of nitrogens with zero attached hydrogens (tertiary/aromatic N) is 4. The second kappa shape index (κ2) is 6.48. The van der Waals surface area contributed by atoms with Crippen molar-refractivity contribution in [3.8, 4) is 5.69 Å². The highest BCUT2D eigenvalue weighted by atomic mass is 16.2. The van der Waals surface area contributed by atoms with Crippen molar-refractivity contribution in [3.05, 3.63) is 72.1 Å². The summed E-state index contributed by atoms with van der Waals surface area (Å²) >= 11 is 0. The van der Waals surface area contributed by atoms with Gasteiger partial charge in [-0.25, -0.2) is 0 Å². The van der Waals surface area contributed by atoms with Gasteiger partial charge < -0.3 is 0 Å². The largest absolute Gasteiger partial charge is 0.271 e. The van der Waals surface area contributed by atoms with Crippen LogP contribution in [0.1, 0.15) is 20.7 Å². The molecule has 3 aromatic rings. The summed E-state index contributed by atoms with van der Waals surface area (Å²) in [7, 11) is 0. The fraction of sp³-hybridized carbons (Fsp3) is 0. The summed E-state index contributed by atoms with van der Waals surface area (Å²) < 4.78 is 1.37. The summed E-state index contributed by atoms with van der Waals surface area (Å²) in [5, 5.41) is 10.8. The normalized spacial score (nSPS) is 10.1. The van der Waals surface area contributed by atoms with Gasteiger partial charge in [0, 0.05) is 5.56 Å². The van der Waals surface area contributed by atoms with E-state index in [1.807, 2.05) is 0 Å². The highest BCUT2D eigenvalue weighted by Gasteiger charge is 2.14. The van der Waals surface area contributed by atoms with Crippen LogP contribution in [0.5, 0.6) is 0 Å². The molecule has 2 N–H and O–H groups in total. The van der Waals surface area contributed by atoms with Gasteiger partial charge in [-0.1, -0.05) is 30.3 Å². The van der Waals surface area contributed by atoms with Crippen molar-refractivity contribution in [2.24, 2.45) is 0 Å². The summed E-state index contributed by atoms with van der Waals surface area (Å²) in [5.41, 5.74) is 6.03. The zero-order chi connectivity index (χ0) is 16.1. The first-order chi connectivity index (χ1) is 11.3. The predicted molar refractivity (Wildman–Crippen MR) is 80.5 cm³/mol. The molecule has 0 fully saturated rings. The van der Waals surface area contributed by atoms with E-state index in [0.29, 0.717) is 16.8 Å². The Morgan fingerprint density at radius 3 is 2.30 bits per heavy atom. The van der Waals surface area contributed by atoms with Crippen molar-refractivity contribution in [1.29, 1.82) is 0 Å². The molecule has 0 aliphatic heterocycles. The van der Waals surface area contributed by atoms with E-state index in [1.165, 1.54) is 11.0 Å². The number of para-hydroxylation sites is 1. The molecule has 0 saturated heterocycles. The number of aromatic nitrogens is 4. The van der Waals surface area contributed by atoms with E-state index in [9.17, 15) is 9.59 Å². The van der Waals surface area contributed by atoms with Crippen molar-refractivity contribution in [3.63, 3.8) is 0 Å². The summed E-state index contributed by atoms with van der Waals surface area (Å²) in [6, 6.07) is 15.4. The van der Waals surface area contributed by atoms with Gasteiger partial charge in [-0.15, -0.1) is 5.10 Å². The van der Waals surface area contributed by atoms with Gasteiger partial charge in [0.2, 0.25) is 0 Å². The van der Waals surface area contributed by atoms with Crippen molar-refractivity contribution in [2.45, 2.75) is 0 Å². The molecule has 2 amide bonds. The van der Waals surface area contributed by atoms with Crippen LogP contribution in [0.2, 0.25) is 0 Å². The maximum absolute atomic E-state index is 12.3. The number of carbonyl (C=O) groups excluding carboxylic acids is 2. The second-order valence-electron chi connectivity index (χ2n) is 4.55. The summed E-state index contributed by atoms with van der Waals surface area (Å²) in [5.74, 6) is -0.876. The van der Waals surface area contributed by atoms with E-state index in [0.717, 1.165) is 0 Å². The van der Waals surface area contributed by atoms with Gasteiger partial charge in [-0.3, -0.25) is 20.4 Å². The lowest BCUT2D eigenvalue weighted by Gasteiger charge is -2.10.